The van der Waals surface area contributed by atoms with Crippen LogP contribution in [0.25, 0.3) is 11.4 Å². The Morgan fingerprint density at radius 3 is 2.86 bits per heavy atom. The van der Waals surface area contributed by atoms with Crippen molar-refractivity contribution in [3.63, 3.8) is 0 Å². The zero-order valence-electron chi connectivity index (χ0n) is 7.88. The predicted molar refractivity (Wildman–Crippen MR) is 52.8 cm³/mol. The monoisotopic (exact) mass is 189 g/mol. The molecule has 0 radical (unpaired) electrons. The molecule has 0 atom stereocenters. The average molecular weight is 189 g/mol. The van der Waals surface area contributed by atoms with Gasteiger partial charge in [-0.1, -0.05) is 6.92 Å². The van der Waals surface area contributed by atoms with Crippen LogP contribution in [0.15, 0.2) is 24.5 Å². The van der Waals surface area contributed by atoms with Gasteiger partial charge in [0.1, 0.15) is 0 Å². The Morgan fingerprint density at radius 2 is 2.29 bits per heavy atom. The first-order chi connectivity index (χ1) is 6.83. The summed E-state index contributed by atoms with van der Waals surface area (Å²) in [5.74, 6) is 7.23. The summed E-state index contributed by atoms with van der Waals surface area (Å²) >= 11 is 0. The van der Waals surface area contributed by atoms with E-state index in [-0.39, 0.29) is 0 Å². The maximum Gasteiger partial charge on any atom is 0.184 e. The van der Waals surface area contributed by atoms with E-state index < -0.39 is 0 Å². The summed E-state index contributed by atoms with van der Waals surface area (Å²) in [6.45, 7) is 1.99. The Hall–Kier alpha value is -1.91. The molecule has 0 aliphatic carbocycles. The number of rotatable bonds is 2. The largest absolute Gasteiger partial charge is 0.336 e. The molecule has 0 fully saturated rings. The Kier molecular flexibility index (Phi) is 2.14. The summed E-state index contributed by atoms with van der Waals surface area (Å²) in [5, 5.41) is 7.98. The number of nitrogens with zero attached hydrogens (tertiary/aromatic N) is 4. The number of hydrogen-bond acceptors (Lipinski definition) is 4. The SMILES string of the molecule is CCc1nnc(-c2cccnc2)n1N. The Balaban J connectivity index is 2.48. The van der Waals surface area contributed by atoms with Gasteiger partial charge in [-0.2, -0.15) is 0 Å². The first kappa shape index (κ1) is 8.68. The van der Waals surface area contributed by atoms with Gasteiger partial charge in [-0.05, 0) is 12.1 Å². The Bertz CT molecular complexity index is 420. The van der Waals surface area contributed by atoms with E-state index >= 15 is 0 Å². The van der Waals surface area contributed by atoms with Crippen LogP contribution < -0.4 is 5.84 Å². The quantitative estimate of drug-likeness (QED) is 0.703. The molecule has 0 spiro atoms. The molecule has 0 aliphatic rings. The lowest BCUT2D eigenvalue weighted by molar-refractivity contribution is 0.857. The van der Waals surface area contributed by atoms with Crippen molar-refractivity contribution < 1.29 is 0 Å². The van der Waals surface area contributed by atoms with Crippen molar-refractivity contribution >= 4 is 0 Å². The third kappa shape index (κ3) is 1.32. The second kappa shape index (κ2) is 3.45. The fraction of sp³-hybridized carbons (Fsp3) is 0.222. The third-order valence-electron chi connectivity index (χ3n) is 2.00. The van der Waals surface area contributed by atoms with E-state index in [9.17, 15) is 0 Å². The molecule has 2 aromatic heterocycles. The van der Waals surface area contributed by atoms with Crippen molar-refractivity contribution in [1.29, 1.82) is 0 Å². The predicted octanol–water partition coefficient (Wildman–Crippen LogP) is 0.616. The lowest BCUT2D eigenvalue weighted by Gasteiger charge is -2.00. The van der Waals surface area contributed by atoms with Crippen LogP contribution >= 0.6 is 0 Å². The molecule has 2 N–H and O–H groups in total. The van der Waals surface area contributed by atoms with Gasteiger partial charge in [0.05, 0.1) is 0 Å². The van der Waals surface area contributed by atoms with Crippen LogP contribution in [0.4, 0.5) is 0 Å². The second-order valence-electron chi connectivity index (χ2n) is 2.91. The molecule has 0 amide bonds. The zero-order valence-corrected chi connectivity index (χ0v) is 7.88. The molecule has 0 bridgehead atoms. The number of aryl methyl sites for hydroxylation is 1. The molecule has 2 rings (SSSR count). The van der Waals surface area contributed by atoms with Gasteiger partial charge >= 0.3 is 0 Å². The van der Waals surface area contributed by atoms with E-state index in [1.54, 1.807) is 12.4 Å². The minimum absolute atomic E-state index is 0.648. The van der Waals surface area contributed by atoms with Gasteiger partial charge in [-0.15, -0.1) is 10.2 Å². The van der Waals surface area contributed by atoms with E-state index in [1.165, 1.54) is 4.68 Å². The fourth-order valence-electron chi connectivity index (χ4n) is 1.26. The topological polar surface area (TPSA) is 69.6 Å². The molecule has 5 heteroatoms. The fourth-order valence-corrected chi connectivity index (χ4v) is 1.26. The van der Waals surface area contributed by atoms with Crippen LogP contribution in [0.5, 0.6) is 0 Å². The minimum Gasteiger partial charge on any atom is -0.336 e. The van der Waals surface area contributed by atoms with Crippen LogP contribution in [-0.2, 0) is 6.42 Å². The molecule has 2 heterocycles. The molecule has 5 nitrogen and oxygen atoms in total. The molecule has 2 aromatic rings. The summed E-state index contributed by atoms with van der Waals surface area (Å²) in [6, 6.07) is 3.75. The molecular weight excluding hydrogens is 178 g/mol. The van der Waals surface area contributed by atoms with Crippen molar-refractivity contribution in [1.82, 2.24) is 19.9 Å². The van der Waals surface area contributed by atoms with Gasteiger partial charge in [0, 0.05) is 24.4 Å². The molecule has 0 unspecified atom stereocenters. The van der Waals surface area contributed by atoms with E-state index in [4.69, 9.17) is 5.84 Å². The standard InChI is InChI=1S/C9H11N5/c1-2-8-12-13-9(14(8)10)7-4-3-5-11-6-7/h3-6H,2,10H2,1H3. The Labute approximate surface area is 81.6 Å². The summed E-state index contributed by atoms with van der Waals surface area (Å²) < 4.78 is 1.50. The van der Waals surface area contributed by atoms with Gasteiger partial charge in [-0.25, -0.2) is 4.68 Å². The highest BCUT2D eigenvalue weighted by atomic mass is 15.4. The maximum atomic E-state index is 5.81. The van der Waals surface area contributed by atoms with Crippen LogP contribution in [0.2, 0.25) is 0 Å². The van der Waals surface area contributed by atoms with Gasteiger partial charge < -0.3 is 5.84 Å². The van der Waals surface area contributed by atoms with Gasteiger partial charge in [0.25, 0.3) is 0 Å². The van der Waals surface area contributed by atoms with Crippen molar-refractivity contribution in [2.75, 3.05) is 5.84 Å². The Morgan fingerprint density at radius 1 is 1.43 bits per heavy atom. The summed E-state index contributed by atoms with van der Waals surface area (Å²) in [5.41, 5.74) is 0.877. The van der Waals surface area contributed by atoms with E-state index in [2.05, 4.69) is 15.2 Å². The van der Waals surface area contributed by atoms with Crippen molar-refractivity contribution in [2.24, 2.45) is 0 Å². The number of pyridine rings is 1. The first-order valence-electron chi connectivity index (χ1n) is 4.42. The van der Waals surface area contributed by atoms with Crippen molar-refractivity contribution in [2.45, 2.75) is 13.3 Å². The molecule has 0 saturated heterocycles. The highest BCUT2D eigenvalue weighted by Gasteiger charge is 2.09. The number of nitrogens with two attached hydrogens (primary N) is 1. The molecule has 0 aliphatic heterocycles. The minimum atomic E-state index is 0.648. The van der Waals surface area contributed by atoms with Gasteiger partial charge in [0.15, 0.2) is 11.6 Å². The molecule has 0 aromatic carbocycles. The molecule has 0 saturated carbocycles. The van der Waals surface area contributed by atoms with E-state index in [0.717, 1.165) is 17.8 Å². The smallest absolute Gasteiger partial charge is 0.184 e. The van der Waals surface area contributed by atoms with Crippen molar-refractivity contribution in [3.8, 4) is 11.4 Å². The third-order valence-corrected chi connectivity index (χ3v) is 2.00. The van der Waals surface area contributed by atoms with Gasteiger partial charge in [0.2, 0.25) is 0 Å². The molecular formula is C9H11N5. The highest BCUT2D eigenvalue weighted by Crippen LogP contribution is 2.14. The molecule has 72 valence electrons. The lowest BCUT2D eigenvalue weighted by atomic mass is 10.3. The van der Waals surface area contributed by atoms with Crippen LogP contribution in [0.3, 0.4) is 0 Å². The summed E-state index contributed by atoms with van der Waals surface area (Å²) in [4.78, 5) is 4.00. The second-order valence-corrected chi connectivity index (χ2v) is 2.91. The molecule has 14 heavy (non-hydrogen) atoms. The van der Waals surface area contributed by atoms with E-state index in [0.29, 0.717) is 5.82 Å². The number of aromatic nitrogens is 4. The normalized spacial score (nSPS) is 10.4. The zero-order chi connectivity index (χ0) is 9.97. The van der Waals surface area contributed by atoms with Crippen LogP contribution in [-0.4, -0.2) is 19.9 Å². The van der Waals surface area contributed by atoms with Crippen LogP contribution in [0, 0.1) is 0 Å². The summed E-state index contributed by atoms with van der Waals surface area (Å²) in [7, 11) is 0. The highest BCUT2D eigenvalue weighted by molar-refractivity contribution is 5.53. The van der Waals surface area contributed by atoms with Gasteiger partial charge in [-0.3, -0.25) is 4.98 Å². The lowest BCUT2D eigenvalue weighted by Crippen LogP contribution is -2.13. The van der Waals surface area contributed by atoms with Crippen LogP contribution in [0.1, 0.15) is 12.7 Å². The first-order valence-corrected chi connectivity index (χ1v) is 4.42. The maximum absolute atomic E-state index is 5.81. The number of hydrogen-bond donors (Lipinski definition) is 1. The summed E-state index contributed by atoms with van der Waals surface area (Å²) in [6.07, 6.45) is 4.19. The van der Waals surface area contributed by atoms with Crippen molar-refractivity contribution in [3.05, 3.63) is 30.4 Å². The van der Waals surface area contributed by atoms with E-state index in [1.807, 2.05) is 19.1 Å². The number of nitrogen functional groups attached to an aromatic ring is 1. The average Bonchev–Trinajstić information content (AvgIpc) is 2.61.